The molecular weight excluding hydrogens is 344 g/mol. The topological polar surface area (TPSA) is 54.0 Å². The molecule has 0 unspecified atom stereocenters. The minimum atomic E-state index is -0.360. The van der Waals surface area contributed by atoms with Crippen LogP contribution in [0.25, 0.3) is 10.8 Å². The number of methoxy groups -OCH3 is 3. The molecule has 0 aliphatic heterocycles. The maximum Gasteiger partial charge on any atom is 0.308 e. The molecule has 0 spiro atoms. The quantitative estimate of drug-likeness (QED) is 0.479. The molecule has 0 bridgehead atoms. The Labute approximate surface area is 158 Å². The van der Waals surface area contributed by atoms with Crippen molar-refractivity contribution in [3.05, 3.63) is 59.7 Å². The van der Waals surface area contributed by atoms with Gasteiger partial charge in [-0.05, 0) is 5.39 Å². The van der Waals surface area contributed by atoms with Gasteiger partial charge in [0.15, 0.2) is 0 Å². The van der Waals surface area contributed by atoms with E-state index in [9.17, 15) is 4.79 Å². The van der Waals surface area contributed by atoms with E-state index in [4.69, 9.17) is 18.9 Å². The zero-order valence-electron chi connectivity index (χ0n) is 15.9. The Hall–Kier alpha value is -3.21. The van der Waals surface area contributed by atoms with Gasteiger partial charge in [0.2, 0.25) is 0 Å². The molecule has 0 aromatic heterocycles. The average molecular weight is 366 g/mol. The van der Waals surface area contributed by atoms with E-state index in [-0.39, 0.29) is 5.97 Å². The van der Waals surface area contributed by atoms with Crippen LogP contribution in [0.3, 0.4) is 0 Å². The number of fused-ring (bicyclic) bond motifs is 1. The molecule has 0 heterocycles. The van der Waals surface area contributed by atoms with Crippen molar-refractivity contribution in [3.63, 3.8) is 0 Å². The highest BCUT2D eigenvalue weighted by molar-refractivity contribution is 5.91. The first-order chi connectivity index (χ1) is 13.1. The molecule has 5 nitrogen and oxygen atoms in total. The zero-order valence-corrected chi connectivity index (χ0v) is 15.9. The first-order valence-corrected chi connectivity index (χ1v) is 8.55. The summed E-state index contributed by atoms with van der Waals surface area (Å²) in [6.07, 6.45) is 0.476. The van der Waals surface area contributed by atoms with Gasteiger partial charge in [0.1, 0.15) is 23.0 Å². The van der Waals surface area contributed by atoms with E-state index in [2.05, 4.69) is 0 Å². The Morgan fingerprint density at radius 3 is 2.15 bits per heavy atom. The van der Waals surface area contributed by atoms with Crippen molar-refractivity contribution < 1.29 is 23.7 Å². The Morgan fingerprint density at radius 2 is 1.56 bits per heavy atom. The van der Waals surface area contributed by atoms with E-state index in [1.54, 1.807) is 21.3 Å². The molecule has 0 atom stereocenters. The van der Waals surface area contributed by atoms with Crippen molar-refractivity contribution in [1.29, 1.82) is 0 Å². The predicted molar refractivity (Wildman–Crippen MR) is 104 cm³/mol. The van der Waals surface area contributed by atoms with Crippen LogP contribution in [0.2, 0.25) is 0 Å². The van der Waals surface area contributed by atoms with E-state index in [1.807, 2.05) is 48.5 Å². The standard InChI is InChI=1S/C22H22O5/c1-14(23)27-22-16(10-9-15-7-5-6-8-18(15)22)11-19-20(25-3)12-17(24-2)13-21(19)26-4/h5-10,12-13H,11H2,1-4H3. The number of carbonyl (C=O) groups is 1. The molecule has 0 amide bonds. The third-order valence-electron chi connectivity index (χ3n) is 4.39. The summed E-state index contributed by atoms with van der Waals surface area (Å²) in [5.41, 5.74) is 1.72. The summed E-state index contributed by atoms with van der Waals surface area (Å²) in [4.78, 5) is 11.7. The molecule has 0 radical (unpaired) electrons. The van der Waals surface area contributed by atoms with Gasteiger partial charge in [-0.3, -0.25) is 4.79 Å². The molecule has 3 rings (SSSR count). The summed E-state index contributed by atoms with van der Waals surface area (Å²) >= 11 is 0. The molecule has 5 heteroatoms. The summed E-state index contributed by atoms with van der Waals surface area (Å²) < 4.78 is 22.0. The second-order valence-electron chi connectivity index (χ2n) is 6.06. The molecule has 0 fully saturated rings. The lowest BCUT2D eigenvalue weighted by Gasteiger charge is -2.17. The number of benzene rings is 3. The minimum Gasteiger partial charge on any atom is -0.496 e. The van der Waals surface area contributed by atoms with Crippen molar-refractivity contribution in [2.45, 2.75) is 13.3 Å². The van der Waals surface area contributed by atoms with Gasteiger partial charge in [-0.15, -0.1) is 0 Å². The van der Waals surface area contributed by atoms with Crippen LogP contribution in [0, 0.1) is 0 Å². The van der Waals surface area contributed by atoms with Crippen LogP contribution >= 0.6 is 0 Å². The van der Waals surface area contributed by atoms with Crippen molar-refractivity contribution in [3.8, 4) is 23.0 Å². The SMILES string of the molecule is COc1cc(OC)c(Cc2ccc3ccccc3c2OC(C)=O)c(OC)c1. The smallest absolute Gasteiger partial charge is 0.308 e. The molecule has 0 saturated carbocycles. The maximum atomic E-state index is 11.7. The Morgan fingerprint density at radius 1 is 0.889 bits per heavy atom. The second kappa shape index (κ2) is 7.99. The number of hydrogen-bond acceptors (Lipinski definition) is 5. The third kappa shape index (κ3) is 3.82. The predicted octanol–water partition coefficient (Wildman–Crippen LogP) is 4.38. The zero-order chi connectivity index (χ0) is 19.4. The summed E-state index contributed by atoms with van der Waals surface area (Å²) in [7, 11) is 4.80. The van der Waals surface area contributed by atoms with E-state index in [0.717, 1.165) is 21.9 Å². The van der Waals surface area contributed by atoms with Gasteiger partial charge in [0.25, 0.3) is 0 Å². The van der Waals surface area contributed by atoms with Gasteiger partial charge >= 0.3 is 5.97 Å². The van der Waals surface area contributed by atoms with Crippen LogP contribution in [0.5, 0.6) is 23.0 Å². The van der Waals surface area contributed by atoms with Crippen LogP contribution in [-0.2, 0) is 11.2 Å². The summed E-state index contributed by atoms with van der Waals surface area (Å²) in [6.45, 7) is 1.40. The molecule has 0 saturated heterocycles. The largest absolute Gasteiger partial charge is 0.496 e. The number of rotatable bonds is 6. The van der Waals surface area contributed by atoms with E-state index in [0.29, 0.717) is 29.4 Å². The number of esters is 1. The van der Waals surface area contributed by atoms with Crippen LogP contribution in [-0.4, -0.2) is 27.3 Å². The van der Waals surface area contributed by atoms with Gasteiger partial charge in [0.05, 0.1) is 21.3 Å². The van der Waals surface area contributed by atoms with E-state index < -0.39 is 0 Å². The van der Waals surface area contributed by atoms with Crippen molar-refractivity contribution >= 4 is 16.7 Å². The fraction of sp³-hybridized carbons (Fsp3) is 0.227. The second-order valence-corrected chi connectivity index (χ2v) is 6.06. The number of hydrogen-bond donors (Lipinski definition) is 0. The average Bonchev–Trinajstić information content (AvgIpc) is 2.69. The lowest BCUT2D eigenvalue weighted by molar-refractivity contribution is -0.131. The van der Waals surface area contributed by atoms with Crippen LogP contribution in [0.15, 0.2) is 48.5 Å². The summed E-state index contributed by atoms with van der Waals surface area (Å²) in [6, 6.07) is 15.4. The normalized spacial score (nSPS) is 10.5. The first kappa shape index (κ1) is 18.6. The van der Waals surface area contributed by atoms with Gasteiger partial charge in [-0.1, -0.05) is 36.4 Å². The Balaban J connectivity index is 2.15. The Kier molecular flexibility index (Phi) is 5.50. The lowest BCUT2D eigenvalue weighted by atomic mass is 9.98. The Bertz CT molecular complexity index is 953. The lowest BCUT2D eigenvalue weighted by Crippen LogP contribution is -2.06. The van der Waals surface area contributed by atoms with Gasteiger partial charge in [-0.2, -0.15) is 0 Å². The molecular formula is C22H22O5. The van der Waals surface area contributed by atoms with Crippen molar-refractivity contribution in [2.24, 2.45) is 0 Å². The molecule has 3 aromatic rings. The number of carbonyl (C=O) groups excluding carboxylic acids is 1. The highest BCUT2D eigenvalue weighted by Crippen LogP contribution is 2.39. The number of ether oxygens (including phenoxy) is 4. The molecule has 27 heavy (non-hydrogen) atoms. The third-order valence-corrected chi connectivity index (χ3v) is 4.39. The molecule has 0 aliphatic carbocycles. The molecule has 140 valence electrons. The summed E-state index contributed by atoms with van der Waals surface area (Å²) in [5.74, 6) is 2.13. The fourth-order valence-electron chi connectivity index (χ4n) is 3.13. The van der Waals surface area contributed by atoms with E-state index >= 15 is 0 Å². The first-order valence-electron chi connectivity index (χ1n) is 8.55. The van der Waals surface area contributed by atoms with Gasteiger partial charge in [0, 0.05) is 42.0 Å². The summed E-state index contributed by atoms with van der Waals surface area (Å²) in [5, 5.41) is 1.89. The minimum absolute atomic E-state index is 0.360. The van der Waals surface area contributed by atoms with Crippen molar-refractivity contribution in [1.82, 2.24) is 0 Å². The molecule has 0 aliphatic rings. The highest BCUT2D eigenvalue weighted by Gasteiger charge is 2.18. The van der Waals surface area contributed by atoms with Gasteiger partial charge in [-0.25, -0.2) is 0 Å². The fourth-order valence-corrected chi connectivity index (χ4v) is 3.13. The van der Waals surface area contributed by atoms with Crippen LogP contribution in [0.4, 0.5) is 0 Å². The van der Waals surface area contributed by atoms with Crippen molar-refractivity contribution in [2.75, 3.05) is 21.3 Å². The highest BCUT2D eigenvalue weighted by atomic mass is 16.5. The van der Waals surface area contributed by atoms with E-state index in [1.165, 1.54) is 6.92 Å². The van der Waals surface area contributed by atoms with Crippen LogP contribution < -0.4 is 18.9 Å². The van der Waals surface area contributed by atoms with Crippen LogP contribution in [0.1, 0.15) is 18.1 Å². The maximum absolute atomic E-state index is 11.7. The molecule has 3 aromatic carbocycles. The monoisotopic (exact) mass is 366 g/mol. The van der Waals surface area contributed by atoms with Gasteiger partial charge < -0.3 is 18.9 Å². The molecule has 0 N–H and O–H groups in total.